The molecule has 4 atom stereocenters. The van der Waals surface area contributed by atoms with Crippen LogP contribution < -0.4 is 11.1 Å². The fourth-order valence-corrected chi connectivity index (χ4v) is 2.90. The lowest BCUT2D eigenvalue weighted by molar-refractivity contribution is -0.125. The van der Waals surface area contributed by atoms with E-state index in [9.17, 15) is 4.79 Å². The maximum absolute atomic E-state index is 11.8. The van der Waals surface area contributed by atoms with Crippen LogP contribution in [-0.4, -0.2) is 44.4 Å². The van der Waals surface area contributed by atoms with Gasteiger partial charge in [0, 0.05) is 25.7 Å². The molecule has 18 heavy (non-hydrogen) atoms. The molecular weight excluding hydrogens is 256 g/mol. The van der Waals surface area contributed by atoms with Crippen molar-refractivity contribution < 1.29 is 14.3 Å². The minimum absolute atomic E-state index is 0. The molecule has 0 radical (unpaired) electrons. The molecule has 1 aliphatic carbocycles. The van der Waals surface area contributed by atoms with Gasteiger partial charge >= 0.3 is 0 Å². The van der Waals surface area contributed by atoms with E-state index in [1.807, 2.05) is 0 Å². The van der Waals surface area contributed by atoms with Crippen molar-refractivity contribution in [1.82, 2.24) is 5.32 Å². The van der Waals surface area contributed by atoms with Crippen LogP contribution in [0.1, 0.15) is 25.7 Å². The highest BCUT2D eigenvalue weighted by Crippen LogP contribution is 2.34. The summed E-state index contributed by atoms with van der Waals surface area (Å²) in [5.74, 6) is 0.367. The molecule has 2 rings (SSSR count). The molecule has 6 heteroatoms. The molecule has 1 saturated carbocycles. The molecule has 0 aromatic carbocycles. The molecule has 1 amide bonds. The van der Waals surface area contributed by atoms with Gasteiger partial charge in [-0.15, -0.1) is 12.4 Å². The Morgan fingerprint density at radius 2 is 2.28 bits per heavy atom. The molecule has 1 aliphatic heterocycles. The SMILES string of the molecule is COCC(N)C(=O)NC1CCCC2OCCC12.Cl. The van der Waals surface area contributed by atoms with E-state index in [0.29, 0.717) is 12.0 Å². The highest BCUT2D eigenvalue weighted by Gasteiger charge is 2.38. The zero-order chi connectivity index (χ0) is 12.3. The van der Waals surface area contributed by atoms with E-state index in [0.717, 1.165) is 32.3 Å². The van der Waals surface area contributed by atoms with E-state index < -0.39 is 6.04 Å². The molecule has 5 nitrogen and oxygen atoms in total. The Morgan fingerprint density at radius 3 is 3.00 bits per heavy atom. The lowest BCUT2D eigenvalue weighted by Gasteiger charge is -2.33. The number of nitrogens with one attached hydrogen (secondary N) is 1. The number of methoxy groups -OCH3 is 1. The molecular formula is C12H23ClN2O3. The molecule has 0 bridgehead atoms. The minimum atomic E-state index is -0.567. The quantitative estimate of drug-likeness (QED) is 0.783. The van der Waals surface area contributed by atoms with Crippen molar-refractivity contribution in [3.63, 3.8) is 0 Å². The van der Waals surface area contributed by atoms with Gasteiger partial charge in [0.25, 0.3) is 0 Å². The molecule has 4 unspecified atom stereocenters. The van der Waals surface area contributed by atoms with Crippen LogP contribution in [0.2, 0.25) is 0 Å². The van der Waals surface area contributed by atoms with E-state index >= 15 is 0 Å². The standard InChI is InChI=1S/C12H22N2O3.ClH/c1-16-7-9(13)12(15)14-10-3-2-4-11-8(10)5-6-17-11;/h8-11H,2-7,13H2,1H3,(H,14,15);1H. The van der Waals surface area contributed by atoms with E-state index in [1.165, 1.54) is 0 Å². The highest BCUT2D eigenvalue weighted by atomic mass is 35.5. The second-order valence-corrected chi connectivity index (χ2v) is 4.97. The maximum Gasteiger partial charge on any atom is 0.239 e. The molecule has 0 aromatic heterocycles. The summed E-state index contributed by atoms with van der Waals surface area (Å²) >= 11 is 0. The van der Waals surface area contributed by atoms with Crippen LogP contribution in [0.5, 0.6) is 0 Å². The van der Waals surface area contributed by atoms with E-state index in [2.05, 4.69) is 5.32 Å². The van der Waals surface area contributed by atoms with Crippen LogP contribution in [0.25, 0.3) is 0 Å². The summed E-state index contributed by atoms with van der Waals surface area (Å²) in [6.07, 6.45) is 4.67. The van der Waals surface area contributed by atoms with Crippen molar-refractivity contribution in [3.8, 4) is 0 Å². The van der Waals surface area contributed by atoms with Crippen LogP contribution in [-0.2, 0) is 14.3 Å². The third-order valence-electron chi connectivity index (χ3n) is 3.79. The Hall–Kier alpha value is -0.360. The summed E-state index contributed by atoms with van der Waals surface area (Å²) in [5.41, 5.74) is 5.71. The third-order valence-corrected chi connectivity index (χ3v) is 3.79. The van der Waals surface area contributed by atoms with Crippen molar-refractivity contribution in [2.24, 2.45) is 11.7 Å². The first-order valence-electron chi connectivity index (χ1n) is 6.39. The Morgan fingerprint density at radius 1 is 1.50 bits per heavy atom. The number of halogens is 1. The monoisotopic (exact) mass is 278 g/mol. The molecule has 0 aromatic rings. The summed E-state index contributed by atoms with van der Waals surface area (Å²) in [6.45, 7) is 1.09. The lowest BCUT2D eigenvalue weighted by Crippen LogP contribution is -2.52. The van der Waals surface area contributed by atoms with E-state index in [1.54, 1.807) is 7.11 Å². The van der Waals surface area contributed by atoms with Gasteiger partial charge in [-0.3, -0.25) is 4.79 Å². The number of hydrogen-bond donors (Lipinski definition) is 2. The molecule has 1 saturated heterocycles. The lowest BCUT2D eigenvalue weighted by atomic mass is 9.81. The molecule has 106 valence electrons. The summed E-state index contributed by atoms with van der Waals surface area (Å²) in [5, 5.41) is 3.05. The Labute approximate surface area is 114 Å². The third kappa shape index (κ3) is 3.57. The van der Waals surface area contributed by atoms with Gasteiger partial charge in [-0.05, 0) is 25.7 Å². The number of carbonyl (C=O) groups excluding carboxylic acids is 1. The number of hydrogen-bond acceptors (Lipinski definition) is 4. The van der Waals surface area contributed by atoms with Crippen LogP contribution in [0.3, 0.4) is 0 Å². The Bertz CT molecular complexity index is 278. The maximum atomic E-state index is 11.8. The van der Waals surface area contributed by atoms with Gasteiger partial charge in [-0.2, -0.15) is 0 Å². The fraction of sp³-hybridized carbons (Fsp3) is 0.917. The van der Waals surface area contributed by atoms with Crippen molar-refractivity contribution in [2.75, 3.05) is 20.3 Å². The predicted octanol–water partition coefficient (Wildman–Crippen LogP) is 0.456. The average Bonchev–Trinajstić information content (AvgIpc) is 2.78. The second kappa shape index (κ2) is 7.28. The van der Waals surface area contributed by atoms with Crippen LogP contribution in [0.4, 0.5) is 0 Å². The number of rotatable bonds is 4. The zero-order valence-corrected chi connectivity index (χ0v) is 11.6. The van der Waals surface area contributed by atoms with Gasteiger partial charge in [-0.25, -0.2) is 0 Å². The van der Waals surface area contributed by atoms with Gasteiger partial charge in [0.2, 0.25) is 5.91 Å². The van der Waals surface area contributed by atoms with Crippen LogP contribution in [0.15, 0.2) is 0 Å². The van der Waals surface area contributed by atoms with E-state index in [-0.39, 0.29) is 31.0 Å². The smallest absolute Gasteiger partial charge is 0.239 e. The van der Waals surface area contributed by atoms with Gasteiger partial charge in [0.1, 0.15) is 6.04 Å². The first-order chi connectivity index (χ1) is 8.22. The first-order valence-corrected chi connectivity index (χ1v) is 6.39. The molecule has 0 spiro atoms. The van der Waals surface area contributed by atoms with Crippen molar-refractivity contribution >= 4 is 18.3 Å². The van der Waals surface area contributed by atoms with Crippen LogP contribution in [0, 0.1) is 5.92 Å². The van der Waals surface area contributed by atoms with Gasteiger partial charge < -0.3 is 20.5 Å². The van der Waals surface area contributed by atoms with Gasteiger partial charge in [0.15, 0.2) is 0 Å². The number of nitrogens with two attached hydrogens (primary N) is 1. The summed E-state index contributed by atoms with van der Waals surface area (Å²) in [4.78, 5) is 11.8. The topological polar surface area (TPSA) is 73.6 Å². The largest absolute Gasteiger partial charge is 0.383 e. The predicted molar refractivity (Wildman–Crippen MR) is 70.7 cm³/mol. The minimum Gasteiger partial charge on any atom is -0.383 e. The summed E-state index contributed by atoms with van der Waals surface area (Å²) in [7, 11) is 1.55. The molecule has 2 fully saturated rings. The van der Waals surface area contributed by atoms with Gasteiger partial charge in [0.05, 0.1) is 12.7 Å². The molecule has 1 heterocycles. The average molecular weight is 279 g/mol. The normalized spacial score (nSPS) is 32.2. The Balaban J connectivity index is 0.00000162. The zero-order valence-electron chi connectivity index (χ0n) is 10.8. The number of carbonyl (C=O) groups is 1. The Kier molecular flexibility index (Phi) is 6.35. The number of fused-ring (bicyclic) bond motifs is 1. The first kappa shape index (κ1) is 15.7. The van der Waals surface area contributed by atoms with Crippen molar-refractivity contribution in [2.45, 2.75) is 43.9 Å². The highest BCUT2D eigenvalue weighted by molar-refractivity contribution is 5.85. The number of ether oxygens (including phenoxy) is 2. The van der Waals surface area contributed by atoms with Crippen molar-refractivity contribution in [3.05, 3.63) is 0 Å². The van der Waals surface area contributed by atoms with Crippen molar-refractivity contribution in [1.29, 1.82) is 0 Å². The molecule has 2 aliphatic rings. The second-order valence-electron chi connectivity index (χ2n) is 4.97. The van der Waals surface area contributed by atoms with Gasteiger partial charge in [-0.1, -0.05) is 0 Å². The summed E-state index contributed by atoms with van der Waals surface area (Å²) in [6, 6.07) is -0.339. The van der Waals surface area contributed by atoms with Crippen LogP contribution >= 0.6 is 12.4 Å². The molecule has 3 N–H and O–H groups in total. The summed E-state index contributed by atoms with van der Waals surface area (Å²) < 4.78 is 10.6. The fourth-order valence-electron chi connectivity index (χ4n) is 2.90. The van der Waals surface area contributed by atoms with E-state index in [4.69, 9.17) is 15.2 Å². The number of amides is 1.